The van der Waals surface area contributed by atoms with E-state index in [2.05, 4.69) is 27.4 Å². The Kier molecular flexibility index (Phi) is 10.5. The number of nitrogens with two attached hydrogens (primary N) is 1. The molecule has 0 aliphatic heterocycles. The highest BCUT2D eigenvalue weighted by Crippen LogP contribution is 2.08. The third-order valence-electron chi connectivity index (χ3n) is 2.63. The second-order valence-electron chi connectivity index (χ2n) is 4.16. The van der Waals surface area contributed by atoms with Gasteiger partial charge in [0.2, 0.25) is 0 Å². The Morgan fingerprint density at radius 3 is 2.47 bits per heavy atom. The molecule has 2 N–H and O–H groups in total. The highest BCUT2D eigenvalue weighted by molar-refractivity contribution is 6.36. The summed E-state index contributed by atoms with van der Waals surface area (Å²) >= 11 is 0. The fourth-order valence-electron chi connectivity index (χ4n) is 1.47. The average Bonchev–Trinajstić information content (AvgIpc) is 2.36. The maximum atomic E-state index is 5.64. The van der Waals surface area contributed by atoms with Gasteiger partial charge in [0.15, 0.2) is 0 Å². The summed E-state index contributed by atoms with van der Waals surface area (Å²) < 4.78 is 0. The van der Waals surface area contributed by atoms with Crippen LogP contribution in [0.1, 0.15) is 32.6 Å². The zero-order valence-corrected chi connectivity index (χ0v) is 11.1. The summed E-state index contributed by atoms with van der Waals surface area (Å²) in [7, 11) is 2.32. The fourth-order valence-corrected chi connectivity index (χ4v) is 1.47. The van der Waals surface area contributed by atoms with Gasteiger partial charge >= 0.3 is 0 Å². The molecule has 0 rings (SSSR count). The lowest BCUT2D eigenvalue weighted by molar-refractivity contribution is 0.700. The summed E-state index contributed by atoms with van der Waals surface area (Å²) in [4.78, 5) is 0. The van der Waals surface area contributed by atoms with Crippen molar-refractivity contribution >= 4 is 7.28 Å². The molecule has 0 aromatic rings. The number of rotatable bonds is 10. The maximum absolute atomic E-state index is 5.64. The van der Waals surface area contributed by atoms with E-state index in [1.165, 1.54) is 37.6 Å². The molecular formula is C15H25BN. The van der Waals surface area contributed by atoms with Gasteiger partial charge < -0.3 is 5.73 Å². The smallest absolute Gasteiger partial charge is 0.115 e. The minimum absolute atomic E-state index is 0.687. The number of allylic oxidation sites excluding steroid dienone is 5. The van der Waals surface area contributed by atoms with E-state index in [9.17, 15) is 0 Å². The second kappa shape index (κ2) is 11.3. The zero-order chi connectivity index (χ0) is 12.9. The molecular weight excluding hydrogens is 205 g/mol. The van der Waals surface area contributed by atoms with E-state index in [4.69, 9.17) is 5.73 Å². The average molecular weight is 230 g/mol. The first-order chi connectivity index (χ1) is 8.24. The van der Waals surface area contributed by atoms with E-state index in [-0.39, 0.29) is 0 Å². The van der Waals surface area contributed by atoms with Gasteiger partial charge in [0.05, 0.1) is 0 Å². The molecule has 0 spiro atoms. The molecule has 17 heavy (non-hydrogen) atoms. The predicted molar refractivity (Wildman–Crippen MR) is 80.3 cm³/mol. The molecule has 0 atom stereocenters. The summed E-state index contributed by atoms with van der Waals surface area (Å²) in [6.45, 7) is 9.66. The molecule has 2 heteroatoms. The Balaban J connectivity index is 3.82. The quantitative estimate of drug-likeness (QED) is 0.339. The van der Waals surface area contributed by atoms with E-state index in [0.29, 0.717) is 5.70 Å². The second-order valence-corrected chi connectivity index (χ2v) is 4.16. The molecule has 0 bridgehead atoms. The highest BCUT2D eigenvalue weighted by atomic mass is 14.5. The van der Waals surface area contributed by atoms with E-state index in [1.807, 2.05) is 18.2 Å². The van der Waals surface area contributed by atoms with Crippen molar-refractivity contribution < 1.29 is 0 Å². The Labute approximate surface area is 107 Å². The van der Waals surface area contributed by atoms with Crippen LogP contribution in [0.5, 0.6) is 0 Å². The van der Waals surface area contributed by atoms with Gasteiger partial charge in [0.1, 0.15) is 7.28 Å². The van der Waals surface area contributed by atoms with Gasteiger partial charge in [-0.3, -0.25) is 0 Å². The van der Waals surface area contributed by atoms with Crippen LogP contribution in [0.2, 0.25) is 12.6 Å². The van der Waals surface area contributed by atoms with Gasteiger partial charge in [0, 0.05) is 5.70 Å². The molecule has 93 valence electrons. The minimum Gasteiger partial charge on any atom is -0.399 e. The van der Waals surface area contributed by atoms with Gasteiger partial charge in [-0.2, -0.15) is 0 Å². The number of hydrogen-bond donors (Lipinski definition) is 1. The molecule has 0 aromatic heterocycles. The summed E-state index contributed by atoms with van der Waals surface area (Å²) in [5.41, 5.74) is 7.53. The van der Waals surface area contributed by atoms with Crippen molar-refractivity contribution in [1.29, 1.82) is 0 Å². The first-order valence-electron chi connectivity index (χ1n) is 6.47. The third-order valence-corrected chi connectivity index (χ3v) is 2.63. The highest BCUT2D eigenvalue weighted by Gasteiger charge is 1.95. The molecule has 0 fully saturated rings. The van der Waals surface area contributed by atoms with Crippen molar-refractivity contribution in [2.24, 2.45) is 5.73 Å². The van der Waals surface area contributed by atoms with E-state index in [1.54, 1.807) is 6.08 Å². The summed E-state index contributed by atoms with van der Waals surface area (Å²) in [6.07, 6.45) is 14.8. The molecule has 0 unspecified atom stereocenters. The van der Waals surface area contributed by atoms with Crippen LogP contribution < -0.4 is 5.73 Å². The predicted octanol–water partition coefficient (Wildman–Crippen LogP) is 4.25. The lowest BCUT2D eigenvalue weighted by Crippen LogP contribution is -1.93. The molecule has 1 radical (unpaired) electrons. The number of hydrogen-bond acceptors (Lipinski definition) is 1. The molecule has 0 aliphatic carbocycles. The third kappa shape index (κ3) is 9.74. The van der Waals surface area contributed by atoms with E-state index in [0.717, 1.165) is 6.32 Å². The van der Waals surface area contributed by atoms with Crippen molar-refractivity contribution in [3.8, 4) is 0 Å². The Hall–Kier alpha value is -1.18. The maximum Gasteiger partial charge on any atom is 0.115 e. The van der Waals surface area contributed by atoms with Crippen LogP contribution in [0.4, 0.5) is 0 Å². The molecule has 0 amide bonds. The molecule has 0 saturated carbocycles. The minimum atomic E-state index is 0.687. The molecule has 0 aromatic carbocycles. The lowest BCUT2D eigenvalue weighted by atomic mass is 9.67. The van der Waals surface area contributed by atoms with Crippen LogP contribution in [0.3, 0.4) is 0 Å². The van der Waals surface area contributed by atoms with Gasteiger partial charge in [0.25, 0.3) is 0 Å². The van der Waals surface area contributed by atoms with Gasteiger partial charge in [-0.25, -0.2) is 0 Å². The molecule has 0 saturated heterocycles. The van der Waals surface area contributed by atoms with Gasteiger partial charge in [-0.15, -0.1) is 0 Å². The Morgan fingerprint density at radius 1 is 1.12 bits per heavy atom. The van der Waals surface area contributed by atoms with Crippen molar-refractivity contribution in [2.75, 3.05) is 0 Å². The van der Waals surface area contributed by atoms with Crippen LogP contribution >= 0.6 is 0 Å². The first kappa shape index (κ1) is 15.8. The van der Waals surface area contributed by atoms with Crippen molar-refractivity contribution in [2.45, 2.75) is 45.2 Å². The summed E-state index contributed by atoms with van der Waals surface area (Å²) in [5.74, 6) is 0. The zero-order valence-electron chi connectivity index (χ0n) is 11.1. The first-order valence-corrected chi connectivity index (χ1v) is 6.47. The summed E-state index contributed by atoms with van der Waals surface area (Å²) in [6, 6.07) is 0. The Morgan fingerprint density at radius 2 is 1.88 bits per heavy atom. The van der Waals surface area contributed by atoms with Crippen LogP contribution in [0.15, 0.2) is 48.7 Å². The monoisotopic (exact) mass is 230 g/mol. The van der Waals surface area contributed by atoms with Crippen molar-refractivity contribution in [3.05, 3.63) is 48.7 Å². The standard InChI is InChI=1S/C15H25BN/c1-4-7-8-9-12-16-13-14(5-2)10-11-15(17)6-3/h5-6,10-11H,2-4,7-9,12-13,17H2,1H3/b14-10+,15-11+. The normalized spacial score (nSPS) is 12.3. The lowest BCUT2D eigenvalue weighted by Gasteiger charge is -2.01. The van der Waals surface area contributed by atoms with E-state index < -0.39 is 0 Å². The SMILES string of the molecule is C=C/C(=C\C=C(\N)C=C)C[B]CCCCCC. The number of unbranched alkanes of at least 4 members (excludes halogenated alkanes) is 3. The van der Waals surface area contributed by atoms with Crippen LogP contribution in [-0.4, -0.2) is 7.28 Å². The Bertz CT molecular complexity index is 277. The van der Waals surface area contributed by atoms with Crippen LogP contribution in [-0.2, 0) is 0 Å². The van der Waals surface area contributed by atoms with E-state index >= 15 is 0 Å². The summed E-state index contributed by atoms with van der Waals surface area (Å²) in [5, 5.41) is 0. The van der Waals surface area contributed by atoms with Crippen molar-refractivity contribution in [1.82, 2.24) is 0 Å². The molecule has 0 aliphatic rings. The topological polar surface area (TPSA) is 26.0 Å². The molecule has 1 nitrogen and oxygen atoms in total. The fraction of sp³-hybridized carbons (Fsp3) is 0.467. The van der Waals surface area contributed by atoms with Crippen LogP contribution in [0, 0.1) is 0 Å². The van der Waals surface area contributed by atoms with Crippen LogP contribution in [0.25, 0.3) is 0 Å². The van der Waals surface area contributed by atoms with Gasteiger partial charge in [-0.05, 0) is 12.2 Å². The largest absolute Gasteiger partial charge is 0.399 e. The molecule has 0 heterocycles. The van der Waals surface area contributed by atoms with Gasteiger partial charge in [-0.1, -0.05) is 76.1 Å². The van der Waals surface area contributed by atoms with Crippen molar-refractivity contribution in [3.63, 3.8) is 0 Å².